The molecule has 1 aliphatic rings. The van der Waals surface area contributed by atoms with E-state index in [1.165, 1.54) is 5.57 Å². The molecular formula is C14H15ClN4OS. The Hall–Kier alpha value is -1.66. The molecule has 21 heavy (non-hydrogen) atoms. The minimum Gasteiger partial charge on any atom is -0.340 e. The number of thiazole rings is 1. The summed E-state index contributed by atoms with van der Waals surface area (Å²) >= 11 is 7.22. The SMILES string of the molecule is Cn1cnc(-c2cnc(C3=CCN(C(=O)CCl)CC3)s2)c1. The highest BCUT2D eigenvalue weighted by Crippen LogP contribution is 2.31. The minimum atomic E-state index is -0.0136. The topological polar surface area (TPSA) is 51.0 Å². The van der Waals surface area contributed by atoms with Crippen LogP contribution in [0.5, 0.6) is 0 Å². The van der Waals surface area contributed by atoms with Crippen molar-refractivity contribution in [2.75, 3.05) is 19.0 Å². The summed E-state index contributed by atoms with van der Waals surface area (Å²) in [6, 6.07) is 0. The molecule has 3 heterocycles. The van der Waals surface area contributed by atoms with E-state index in [1.807, 2.05) is 24.0 Å². The first kappa shape index (κ1) is 14.3. The predicted molar refractivity (Wildman–Crippen MR) is 84.2 cm³/mol. The number of hydrogen-bond donors (Lipinski definition) is 0. The highest BCUT2D eigenvalue weighted by atomic mass is 35.5. The average molecular weight is 323 g/mol. The van der Waals surface area contributed by atoms with Gasteiger partial charge in [0, 0.05) is 32.5 Å². The Morgan fingerprint density at radius 3 is 2.95 bits per heavy atom. The molecule has 0 unspecified atom stereocenters. The summed E-state index contributed by atoms with van der Waals surface area (Å²) in [4.78, 5) is 23.2. The van der Waals surface area contributed by atoms with E-state index in [4.69, 9.17) is 11.6 Å². The molecule has 0 fully saturated rings. The molecule has 2 aromatic heterocycles. The van der Waals surface area contributed by atoms with Gasteiger partial charge in [-0.3, -0.25) is 4.79 Å². The molecule has 0 atom stereocenters. The third kappa shape index (κ3) is 3.01. The Balaban J connectivity index is 1.75. The molecule has 0 N–H and O–H groups in total. The number of nitrogens with zero attached hydrogens (tertiary/aromatic N) is 4. The van der Waals surface area contributed by atoms with Gasteiger partial charge in [-0.1, -0.05) is 6.08 Å². The van der Waals surface area contributed by atoms with Crippen LogP contribution in [0.25, 0.3) is 16.1 Å². The fourth-order valence-electron chi connectivity index (χ4n) is 2.26. The lowest BCUT2D eigenvalue weighted by atomic mass is 10.1. The predicted octanol–water partition coefficient (Wildman–Crippen LogP) is 2.40. The number of hydrogen-bond acceptors (Lipinski definition) is 4. The summed E-state index contributed by atoms with van der Waals surface area (Å²) in [5, 5.41) is 1.01. The quantitative estimate of drug-likeness (QED) is 0.815. The summed E-state index contributed by atoms with van der Waals surface area (Å²) in [6.07, 6.45) is 8.50. The summed E-state index contributed by atoms with van der Waals surface area (Å²) < 4.78 is 1.92. The van der Waals surface area contributed by atoms with Crippen molar-refractivity contribution in [2.45, 2.75) is 6.42 Å². The zero-order valence-corrected chi connectivity index (χ0v) is 13.2. The van der Waals surface area contributed by atoms with Crippen LogP contribution in [-0.4, -0.2) is 44.3 Å². The highest BCUT2D eigenvalue weighted by Gasteiger charge is 2.19. The molecule has 7 heteroatoms. The van der Waals surface area contributed by atoms with Crippen LogP contribution < -0.4 is 0 Å². The second-order valence-electron chi connectivity index (χ2n) is 4.91. The molecular weight excluding hydrogens is 308 g/mol. The van der Waals surface area contributed by atoms with Gasteiger partial charge in [0.25, 0.3) is 0 Å². The second kappa shape index (κ2) is 5.99. The summed E-state index contributed by atoms with van der Waals surface area (Å²) in [6.45, 7) is 1.31. The number of aromatic nitrogens is 3. The molecule has 3 rings (SSSR count). The Morgan fingerprint density at radius 1 is 1.48 bits per heavy atom. The Morgan fingerprint density at radius 2 is 2.33 bits per heavy atom. The minimum absolute atomic E-state index is 0.0136. The number of imidazole rings is 1. The van der Waals surface area contributed by atoms with E-state index in [2.05, 4.69) is 16.0 Å². The molecule has 0 saturated heterocycles. The molecule has 0 aliphatic carbocycles. The number of amides is 1. The van der Waals surface area contributed by atoms with Gasteiger partial charge in [0.2, 0.25) is 5.91 Å². The molecule has 0 spiro atoms. The molecule has 5 nitrogen and oxygen atoms in total. The van der Waals surface area contributed by atoms with Crippen molar-refractivity contribution < 1.29 is 4.79 Å². The van der Waals surface area contributed by atoms with Crippen molar-refractivity contribution in [1.29, 1.82) is 0 Å². The molecule has 0 bridgehead atoms. The molecule has 1 amide bonds. The Labute approximate surface area is 131 Å². The van der Waals surface area contributed by atoms with Crippen molar-refractivity contribution >= 4 is 34.4 Å². The van der Waals surface area contributed by atoms with Crippen molar-refractivity contribution in [3.05, 3.63) is 29.8 Å². The van der Waals surface area contributed by atoms with Gasteiger partial charge in [-0.05, 0) is 12.0 Å². The monoisotopic (exact) mass is 322 g/mol. The first-order valence-corrected chi connectivity index (χ1v) is 8.00. The normalized spacial score (nSPS) is 15.1. The summed E-state index contributed by atoms with van der Waals surface area (Å²) in [7, 11) is 1.95. The molecule has 2 aromatic rings. The number of rotatable bonds is 3. The van der Waals surface area contributed by atoms with Crippen molar-refractivity contribution in [3.8, 4) is 10.6 Å². The van der Waals surface area contributed by atoms with Gasteiger partial charge in [-0.15, -0.1) is 22.9 Å². The van der Waals surface area contributed by atoms with Gasteiger partial charge in [0.05, 0.1) is 16.9 Å². The summed E-state index contributed by atoms with van der Waals surface area (Å²) in [5.74, 6) is 0.0323. The highest BCUT2D eigenvalue weighted by molar-refractivity contribution is 7.16. The van der Waals surface area contributed by atoms with Crippen LogP contribution in [0.3, 0.4) is 0 Å². The van der Waals surface area contributed by atoms with Gasteiger partial charge in [0.1, 0.15) is 10.9 Å². The lowest BCUT2D eigenvalue weighted by Gasteiger charge is -2.25. The van der Waals surface area contributed by atoms with E-state index in [0.29, 0.717) is 13.1 Å². The third-order valence-electron chi connectivity index (χ3n) is 3.41. The van der Waals surface area contributed by atoms with Crippen LogP contribution in [0, 0.1) is 0 Å². The fraction of sp³-hybridized carbons (Fsp3) is 0.357. The molecule has 0 saturated carbocycles. The van der Waals surface area contributed by atoms with Crippen molar-refractivity contribution in [2.24, 2.45) is 7.05 Å². The van der Waals surface area contributed by atoms with E-state index >= 15 is 0 Å². The average Bonchev–Trinajstić information content (AvgIpc) is 3.15. The Bertz CT molecular complexity index is 691. The largest absolute Gasteiger partial charge is 0.340 e. The van der Waals surface area contributed by atoms with Crippen molar-refractivity contribution in [1.82, 2.24) is 19.4 Å². The van der Waals surface area contributed by atoms with Crippen molar-refractivity contribution in [3.63, 3.8) is 0 Å². The van der Waals surface area contributed by atoms with Gasteiger partial charge < -0.3 is 9.47 Å². The Kier molecular flexibility index (Phi) is 4.07. The van der Waals surface area contributed by atoms with Crippen LogP contribution in [-0.2, 0) is 11.8 Å². The maximum atomic E-state index is 11.5. The van der Waals surface area contributed by atoms with E-state index in [0.717, 1.165) is 22.0 Å². The van der Waals surface area contributed by atoms with Crippen LogP contribution in [0.15, 0.2) is 24.8 Å². The number of carbonyl (C=O) groups is 1. The van der Waals surface area contributed by atoms with Crippen LogP contribution in [0.1, 0.15) is 11.4 Å². The standard InChI is InChI=1S/C14H15ClN4OS/c1-18-8-11(17-9-18)12-7-16-14(21-12)10-2-4-19(5-3-10)13(20)6-15/h2,7-9H,3-6H2,1H3. The van der Waals surface area contributed by atoms with E-state index in [9.17, 15) is 4.79 Å². The van der Waals surface area contributed by atoms with Crippen LogP contribution in [0.4, 0.5) is 0 Å². The number of aryl methyl sites for hydroxylation is 1. The maximum absolute atomic E-state index is 11.5. The van der Waals surface area contributed by atoms with Gasteiger partial charge >= 0.3 is 0 Å². The van der Waals surface area contributed by atoms with Gasteiger partial charge in [-0.2, -0.15) is 0 Å². The molecule has 110 valence electrons. The summed E-state index contributed by atoms with van der Waals surface area (Å²) in [5.41, 5.74) is 2.14. The van der Waals surface area contributed by atoms with Crippen LogP contribution >= 0.6 is 22.9 Å². The van der Waals surface area contributed by atoms with Gasteiger partial charge in [-0.25, -0.2) is 9.97 Å². The van der Waals surface area contributed by atoms with E-state index < -0.39 is 0 Å². The second-order valence-corrected chi connectivity index (χ2v) is 6.20. The molecule has 1 aliphatic heterocycles. The fourth-order valence-corrected chi connectivity index (χ4v) is 3.37. The zero-order chi connectivity index (χ0) is 14.8. The first-order chi connectivity index (χ1) is 10.2. The molecule has 0 radical (unpaired) electrons. The lowest BCUT2D eigenvalue weighted by molar-refractivity contribution is -0.128. The third-order valence-corrected chi connectivity index (χ3v) is 4.74. The van der Waals surface area contributed by atoms with Gasteiger partial charge in [0.15, 0.2) is 0 Å². The van der Waals surface area contributed by atoms with Crippen LogP contribution in [0.2, 0.25) is 0 Å². The zero-order valence-electron chi connectivity index (χ0n) is 11.6. The number of halogens is 1. The molecule has 0 aromatic carbocycles. The lowest BCUT2D eigenvalue weighted by Crippen LogP contribution is -2.35. The van der Waals surface area contributed by atoms with E-state index in [1.54, 1.807) is 22.6 Å². The number of alkyl halides is 1. The maximum Gasteiger partial charge on any atom is 0.237 e. The number of carbonyl (C=O) groups excluding carboxylic acids is 1. The first-order valence-electron chi connectivity index (χ1n) is 6.64. The van der Waals surface area contributed by atoms with E-state index in [-0.39, 0.29) is 11.8 Å². The smallest absolute Gasteiger partial charge is 0.237 e.